The number of nitrogens with zero attached hydrogens (tertiary/aromatic N) is 3. The molecule has 0 bridgehead atoms. The lowest BCUT2D eigenvalue weighted by Gasteiger charge is -2.16. The molecule has 1 saturated heterocycles. The zero-order valence-corrected chi connectivity index (χ0v) is 21.7. The molecule has 10 nitrogen and oxygen atoms in total. The molecule has 0 aliphatic carbocycles. The van der Waals surface area contributed by atoms with Crippen molar-refractivity contribution in [2.45, 2.75) is 39.0 Å². The summed E-state index contributed by atoms with van der Waals surface area (Å²) in [6.07, 6.45) is 5.63. The molecule has 38 heavy (non-hydrogen) atoms. The maximum absolute atomic E-state index is 12.4. The molecule has 0 spiro atoms. The van der Waals surface area contributed by atoms with Crippen molar-refractivity contribution in [3.8, 4) is 5.75 Å². The first-order valence-corrected chi connectivity index (χ1v) is 13.0. The molecule has 0 saturated carbocycles. The van der Waals surface area contributed by atoms with Crippen LogP contribution in [0.1, 0.15) is 36.8 Å². The molecule has 0 atom stereocenters. The quantitative estimate of drug-likeness (QED) is 0.238. The van der Waals surface area contributed by atoms with Gasteiger partial charge >= 0.3 is 6.03 Å². The second-order valence-corrected chi connectivity index (χ2v) is 9.35. The summed E-state index contributed by atoms with van der Waals surface area (Å²) in [4.78, 5) is 35.3. The molecule has 2 aromatic carbocycles. The first-order valence-electron chi connectivity index (χ1n) is 13.0. The minimum Gasteiger partial charge on any atom is -0.508 e. The zero-order chi connectivity index (χ0) is 26.7. The Hall–Kier alpha value is -4.34. The molecule has 10 heteroatoms. The van der Waals surface area contributed by atoms with Crippen LogP contribution in [0.3, 0.4) is 0 Å². The minimum atomic E-state index is -0.0775. The van der Waals surface area contributed by atoms with E-state index in [0.717, 1.165) is 55.0 Å². The lowest BCUT2D eigenvalue weighted by molar-refractivity contribution is -0.121. The summed E-state index contributed by atoms with van der Waals surface area (Å²) in [5.74, 6) is 1.39. The Morgan fingerprint density at radius 3 is 2.58 bits per heavy atom. The van der Waals surface area contributed by atoms with Gasteiger partial charge in [-0.1, -0.05) is 18.2 Å². The molecule has 1 aliphatic heterocycles. The summed E-state index contributed by atoms with van der Waals surface area (Å²) >= 11 is 0. The number of aryl methyl sites for hydroxylation is 2. The number of rotatable bonds is 11. The van der Waals surface area contributed by atoms with Crippen molar-refractivity contribution in [1.82, 2.24) is 20.2 Å². The van der Waals surface area contributed by atoms with Crippen LogP contribution >= 0.6 is 0 Å². The third-order valence-corrected chi connectivity index (χ3v) is 6.28. The van der Waals surface area contributed by atoms with Crippen molar-refractivity contribution in [3.63, 3.8) is 0 Å². The van der Waals surface area contributed by atoms with Gasteiger partial charge in [0.15, 0.2) is 0 Å². The number of likely N-dealkylation sites (tertiary alicyclic amines) is 1. The van der Waals surface area contributed by atoms with Crippen molar-refractivity contribution in [2.24, 2.45) is 0 Å². The van der Waals surface area contributed by atoms with Crippen LogP contribution in [0.5, 0.6) is 5.75 Å². The van der Waals surface area contributed by atoms with Gasteiger partial charge in [-0.15, -0.1) is 0 Å². The highest BCUT2D eigenvalue weighted by molar-refractivity contribution is 5.90. The Balaban J connectivity index is 1.20. The highest BCUT2D eigenvalue weighted by Gasteiger charge is 2.17. The van der Waals surface area contributed by atoms with E-state index < -0.39 is 0 Å². The Labute approximate surface area is 222 Å². The Bertz CT molecular complexity index is 1230. The van der Waals surface area contributed by atoms with E-state index in [2.05, 4.69) is 31.2 Å². The summed E-state index contributed by atoms with van der Waals surface area (Å²) in [6, 6.07) is 14.3. The number of anilines is 4. The average molecular weight is 518 g/mol. The van der Waals surface area contributed by atoms with E-state index in [1.165, 1.54) is 0 Å². The first kappa shape index (κ1) is 26.7. The number of benzene rings is 2. The fourth-order valence-corrected chi connectivity index (χ4v) is 4.14. The van der Waals surface area contributed by atoms with Crippen molar-refractivity contribution >= 4 is 35.1 Å². The molecular formula is C28H35N7O3. The fraction of sp³-hybridized carbons (Fsp3) is 0.357. The van der Waals surface area contributed by atoms with Gasteiger partial charge in [0.25, 0.3) is 0 Å². The summed E-state index contributed by atoms with van der Waals surface area (Å²) in [7, 11) is 0. The van der Waals surface area contributed by atoms with E-state index in [1.54, 1.807) is 18.3 Å². The molecule has 2 heterocycles. The monoisotopic (exact) mass is 517 g/mol. The van der Waals surface area contributed by atoms with Crippen LogP contribution in [0.4, 0.5) is 27.9 Å². The number of urea groups is 1. The molecule has 3 amide bonds. The maximum Gasteiger partial charge on any atom is 0.321 e. The van der Waals surface area contributed by atoms with Gasteiger partial charge in [-0.3, -0.25) is 4.79 Å². The topological polar surface area (TPSA) is 132 Å². The predicted molar refractivity (Wildman–Crippen MR) is 149 cm³/mol. The Morgan fingerprint density at radius 2 is 1.79 bits per heavy atom. The van der Waals surface area contributed by atoms with E-state index in [-0.39, 0.29) is 17.7 Å². The third kappa shape index (κ3) is 8.09. The molecule has 0 radical (unpaired) electrons. The molecule has 1 aromatic heterocycles. The number of phenolic OH excluding ortho intramolecular Hbond substituents is 1. The predicted octanol–water partition coefficient (Wildman–Crippen LogP) is 4.41. The normalized spacial score (nSPS) is 12.7. The number of nitrogens with one attached hydrogen (secondary N) is 4. The second kappa shape index (κ2) is 13.3. The lowest BCUT2D eigenvalue weighted by Crippen LogP contribution is -2.32. The molecule has 200 valence electrons. The Morgan fingerprint density at radius 1 is 1.03 bits per heavy atom. The van der Waals surface area contributed by atoms with E-state index in [0.29, 0.717) is 37.6 Å². The van der Waals surface area contributed by atoms with Gasteiger partial charge in [0.05, 0.1) is 0 Å². The average Bonchev–Trinajstić information content (AvgIpc) is 3.46. The summed E-state index contributed by atoms with van der Waals surface area (Å²) in [5.41, 5.74) is 3.42. The number of carbonyl (C=O) groups is 2. The molecule has 5 N–H and O–H groups in total. The van der Waals surface area contributed by atoms with Crippen molar-refractivity contribution in [2.75, 3.05) is 42.1 Å². The van der Waals surface area contributed by atoms with Gasteiger partial charge in [-0.05, 0) is 68.5 Å². The fourth-order valence-electron chi connectivity index (χ4n) is 4.14. The van der Waals surface area contributed by atoms with Gasteiger partial charge in [-0.25, -0.2) is 9.78 Å². The van der Waals surface area contributed by atoms with Crippen molar-refractivity contribution in [3.05, 3.63) is 65.9 Å². The van der Waals surface area contributed by atoms with Gasteiger partial charge in [0.1, 0.15) is 11.6 Å². The number of hydrogen-bond acceptors (Lipinski definition) is 7. The summed E-state index contributed by atoms with van der Waals surface area (Å²) in [6.45, 7) is 4.74. The number of hydrogen-bond donors (Lipinski definition) is 5. The van der Waals surface area contributed by atoms with Crippen LogP contribution in [0.2, 0.25) is 0 Å². The van der Waals surface area contributed by atoms with Crippen molar-refractivity contribution < 1.29 is 14.7 Å². The van der Waals surface area contributed by atoms with Gasteiger partial charge in [0, 0.05) is 55.7 Å². The lowest BCUT2D eigenvalue weighted by atomic mass is 10.1. The van der Waals surface area contributed by atoms with E-state index in [9.17, 15) is 14.7 Å². The molecule has 1 fully saturated rings. The van der Waals surface area contributed by atoms with E-state index in [1.807, 2.05) is 48.2 Å². The molecule has 0 unspecified atom stereocenters. The third-order valence-electron chi connectivity index (χ3n) is 6.28. The SMILES string of the molecule is Cc1cnc(Nc2cccc(NC(=O)N3CCCC3)c2)nc1NCCCNC(=O)CCc1ccc(O)cc1. The van der Waals surface area contributed by atoms with Gasteiger partial charge in [0.2, 0.25) is 11.9 Å². The highest BCUT2D eigenvalue weighted by atomic mass is 16.3. The van der Waals surface area contributed by atoms with Crippen LogP contribution in [0.25, 0.3) is 0 Å². The number of aromatic hydroxyl groups is 1. The number of carbonyl (C=O) groups excluding carboxylic acids is 2. The first-order chi connectivity index (χ1) is 18.5. The smallest absolute Gasteiger partial charge is 0.321 e. The van der Waals surface area contributed by atoms with Crippen LogP contribution in [0, 0.1) is 6.92 Å². The summed E-state index contributed by atoms with van der Waals surface area (Å²) in [5, 5.41) is 21.7. The summed E-state index contributed by atoms with van der Waals surface area (Å²) < 4.78 is 0. The van der Waals surface area contributed by atoms with Gasteiger partial charge < -0.3 is 31.3 Å². The van der Waals surface area contributed by atoms with Crippen LogP contribution < -0.4 is 21.3 Å². The van der Waals surface area contributed by atoms with E-state index >= 15 is 0 Å². The van der Waals surface area contributed by atoms with Crippen LogP contribution in [-0.4, -0.2) is 58.1 Å². The standard InChI is InChI=1S/C28H35N7O3/c1-20-19-31-27(32-22-6-4-7-23(18-22)33-28(38)35-16-2-3-17-35)34-26(20)30-15-5-14-29-25(37)13-10-21-8-11-24(36)12-9-21/h4,6-9,11-12,18-19,36H,2-3,5,10,13-17H2,1H3,(H,29,37)(H,33,38)(H2,30,31,32,34). The number of phenols is 1. The van der Waals surface area contributed by atoms with Crippen LogP contribution in [0.15, 0.2) is 54.7 Å². The second-order valence-electron chi connectivity index (χ2n) is 9.35. The number of amides is 3. The Kier molecular flexibility index (Phi) is 9.33. The van der Waals surface area contributed by atoms with E-state index in [4.69, 9.17) is 0 Å². The highest BCUT2D eigenvalue weighted by Crippen LogP contribution is 2.21. The molecule has 1 aliphatic rings. The zero-order valence-electron chi connectivity index (χ0n) is 21.7. The molecular weight excluding hydrogens is 482 g/mol. The number of aromatic nitrogens is 2. The van der Waals surface area contributed by atoms with Crippen molar-refractivity contribution in [1.29, 1.82) is 0 Å². The molecule has 3 aromatic rings. The minimum absolute atomic E-state index is 0.00151. The van der Waals surface area contributed by atoms with Crippen LogP contribution in [-0.2, 0) is 11.2 Å². The largest absolute Gasteiger partial charge is 0.508 e. The maximum atomic E-state index is 12.4. The molecule has 4 rings (SSSR count). The van der Waals surface area contributed by atoms with Gasteiger partial charge in [-0.2, -0.15) is 4.98 Å².